The molecule has 0 aliphatic rings. The lowest BCUT2D eigenvalue weighted by Crippen LogP contribution is -2.03. The van der Waals surface area contributed by atoms with Gasteiger partial charge in [-0.05, 0) is 37.5 Å². The predicted molar refractivity (Wildman–Crippen MR) is 120 cm³/mol. The fourth-order valence-electron chi connectivity index (χ4n) is 2.61. The molecule has 7 heteroatoms. The second-order valence-corrected chi connectivity index (χ2v) is 9.76. The van der Waals surface area contributed by atoms with Gasteiger partial charge in [-0.2, -0.15) is 0 Å². The van der Waals surface area contributed by atoms with Crippen molar-refractivity contribution < 1.29 is 9.53 Å². The fraction of sp³-hybridized carbons (Fsp3) is 0.381. The summed E-state index contributed by atoms with van der Waals surface area (Å²) >= 11 is 4.87. The highest BCUT2D eigenvalue weighted by atomic mass is 32.2. The van der Waals surface area contributed by atoms with Crippen LogP contribution < -0.4 is 0 Å². The molecule has 0 N–H and O–H groups in total. The van der Waals surface area contributed by atoms with Gasteiger partial charge < -0.3 is 4.74 Å². The molecule has 0 amide bonds. The third-order valence-corrected chi connectivity index (χ3v) is 7.50. The average Bonchev–Trinajstić information content (AvgIpc) is 3.02. The Bertz CT molecular complexity index is 955. The van der Waals surface area contributed by atoms with Gasteiger partial charge in [0.15, 0.2) is 0 Å². The lowest BCUT2D eigenvalue weighted by Gasteiger charge is -2.08. The van der Waals surface area contributed by atoms with E-state index in [1.807, 2.05) is 32.0 Å². The summed E-state index contributed by atoms with van der Waals surface area (Å²) in [6.45, 7) is 8.55. The number of ether oxygens (including phenoxy) is 1. The topological polar surface area (TPSA) is 52.1 Å². The number of benzene rings is 1. The van der Waals surface area contributed by atoms with Gasteiger partial charge in [0, 0.05) is 16.0 Å². The smallest absolute Gasteiger partial charge is 0.348 e. The first-order valence-electron chi connectivity index (χ1n) is 9.27. The summed E-state index contributed by atoms with van der Waals surface area (Å²) in [5, 5.41) is 1.96. The number of thioether (sulfide) groups is 2. The van der Waals surface area contributed by atoms with Gasteiger partial charge in [0.05, 0.1) is 12.4 Å². The van der Waals surface area contributed by atoms with E-state index in [4.69, 9.17) is 14.7 Å². The summed E-state index contributed by atoms with van der Waals surface area (Å²) in [6, 6.07) is 10.3. The van der Waals surface area contributed by atoms with Gasteiger partial charge in [-0.15, -0.1) is 34.9 Å². The van der Waals surface area contributed by atoms with Crippen LogP contribution in [0, 0.1) is 12.8 Å². The number of aromatic nitrogens is 2. The van der Waals surface area contributed by atoms with Crippen LogP contribution in [0.25, 0.3) is 10.2 Å². The number of carbonyl (C=O) groups excluding carboxylic acids is 1. The molecule has 28 heavy (non-hydrogen) atoms. The minimum Gasteiger partial charge on any atom is -0.462 e. The molecule has 148 valence electrons. The normalized spacial score (nSPS) is 11.3. The molecule has 0 bridgehead atoms. The number of hydrogen-bond donors (Lipinski definition) is 0. The molecular weight excluding hydrogens is 408 g/mol. The van der Waals surface area contributed by atoms with Crippen molar-refractivity contribution in [1.29, 1.82) is 0 Å². The van der Waals surface area contributed by atoms with E-state index in [1.165, 1.54) is 16.2 Å². The van der Waals surface area contributed by atoms with Crippen molar-refractivity contribution >= 4 is 51.0 Å². The first-order chi connectivity index (χ1) is 13.5. The molecule has 2 aromatic heterocycles. The number of hydrogen-bond acceptors (Lipinski definition) is 7. The molecule has 0 aliphatic carbocycles. The van der Waals surface area contributed by atoms with Crippen molar-refractivity contribution in [3.05, 3.63) is 46.6 Å². The number of aryl methyl sites for hydroxylation is 1. The zero-order chi connectivity index (χ0) is 20.1. The van der Waals surface area contributed by atoms with Gasteiger partial charge in [0.2, 0.25) is 0 Å². The van der Waals surface area contributed by atoms with E-state index in [-0.39, 0.29) is 5.97 Å². The molecule has 3 aromatic rings. The maximum Gasteiger partial charge on any atom is 0.348 e. The first kappa shape index (κ1) is 21.1. The van der Waals surface area contributed by atoms with E-state index in [0.717, 1.165) is 32.4 Å². The lowest BCUT2D eigenvalue weighted by atomic mass is 10.2. The molecular formula is C21H24N2O2S3. The van der Waals surface area contributed by atoms with E-state index < -0.39 is 0 Å². The first-order valence-corrected chi connectivity index (χ1v) is 12.1. The van der Waals surface area contributed by atoms with Crippen LogP contribution in [0.4, 0.5) is 0 Å². The van der Waals surface area contributed by atoms with Crippen LogP contribution in [-0.4, -0.2) is 28.3 Å². The minimum absolute atomic E-state index is 0.275. The van der Waals surface area contributed by atoms with E-state index in [9.17, 15) is 4.79 Å². The molecule has 1 aromatic carbocycles. The Kier molecular flexibility index (Phi) is 7.37. The standard InChI is InChI=1S/C21H24N2O2S3/c1-5-25-21(24)18-14(4)17-19(27-11-13(2)3)22-16(23-20(17)28-18)12-26-15-9-7-6-8-10-15/h6-10,13H,5,11-12H2,1-4H3. The lowest BCUT2D eigenvalue weighted by molar-refractivity contribution is 0.0531. The van der Waals surface area contributed by atoms with Crippen LogP contribution in [0.15, 0.2) is 40.3 Å². The Labute approximate surface area is 178 Å². The second-order valence-electron chi connectivity index (χ2n) is 6.71. The molecule has 0 spiro atoms. The molecule has 0 fully saturated rings. The highest BCUT2D eigenvalue weighted by Gasteiger charge is 2.21. The molecule has 0 unspecified atom stereocenters. The maximum absolute atomic E-state index is 12.3. The van der Waals surface area contributed by atoms with Crippen molar-refractivity contribution in [2.75, 3.05) is 12.4 Å². The van der Waals surface area contributed by atoms with Crippen LogP contribution in [0.2, 0.25) is 0 Å². The third kappa shape index (κ3) is 5.07. The summed E-state index contributed by atoms with van der Waals surface area (Å²) in [5.74, 6) is 2.75. The van der Waals surface area contributed by atoms with Gasteiger partial charge in [0.1, 0.15) is 20.6 Å². The predicted octanol–water partition coefficient (Wildman–Crippen LogP) is 6.22. The summed E-state index contributed by atoms with van der Waals surface area (Å²) in [5.41, 5.74) is 0.923. The minimum atomic E-state index is -0.275. The fourth-order valence-corrected chi connectivity index (χ4v) is 5.60. The molecule has 0 aliphatic heterocycles. The zero-order valence-corrected chi connectivity index (χ0v) is 19.0. The highest BCUT2D eigenvalue weighted by molar-refractivity contribution is 7.99. The Hall–Kier alpha value is -1.57. The summed E-state index contributed by atoms with van der Waals surface area (Å²) in [7, 11) is 0. The van der Waals surface area contributed by atoms with Crippen LogP contribution >= 0.6 is 34.9 Å². The zero-order valence-electron chi connectivity index (χ0n) is 16.5. The Balaban J connectivity index is 1.97. The van der Waals surface area contributed by atoms with Gasteiger partial charge in [0.25, 0.3) is 0 Å². The highest BCUT2D eigenvalue weighted by Crippen LogP contribution is 2.37. The van der Waals surface area contributed by atoms with Gasteiger partial charge in [-0.1, -0.05) is 32.0 Å². The molecule has 0 saturated heterocycles. The Morgan fingerprint density at radius 3 is 2.61 bits per heavy atom. The van der Waals surface area contributed by atoms with Crippen LogP contribution in [0.5, 0.6) is 0 Å². The van der Waals surface area contributed by atoms with E-state index in [1.54, 1.807) is 23.5 Å². The van der Waals surface area contributed by atoms with Crippen molar-refractivity contribution in [3.63, 3.8) is 0 Å². The number of esters is 1. The maximum atomic E-state index is 12.3. The van der Waals surface area contributed by atoms with Crippen molar-refractivity contribution in [1.82, 2.24) is 9.97 Å². The van der Waals surface area contributed by atoms with Gasteiger partial charge in [-0.25, -0.2) is 14.8 Å². The number of fused-ring (bicyclic) bond motifs is 1. The third-order valence-electron chi connectivity index (χ3n) is 3.93. The number of carbonyl (C=O) groups is 1. The summed E-state index contributed by atoms with van der Waals surface area (Å²) in [6.07, 6.45) is 0. The molecule has 3 rings (SSSR count). The number of rotatable bonds is 8. The van der Waals surface area contributed by atoms with Gasteiger partial charge in [-0.3, -0.25) is 0 Å². The van der Waals surface area contributed by atoms with E-state index in [0.29, 0.717) is 23.2 Å². The second kappa shape index (κ2) is 9.76. The monoisotopic (exact) mass is 432 g/mol. The number of thiophene rings is 1. The molecule has 4 nitrogen and oxygen atoms in total. The van der Waals surface area contributed by atoms with Crippen LogP contribution in [-0.2, 0) is 10.5 Å². The SMILES string of the molecule is CCOC(=O)c1sc2nc(CSc3ccccc3)nc(SCC(C)C)c2c1C. The summed E-state index contributed by atoms with van der Waals surface area (Å²) in [4.78, 5) is 24.6. The quantitative estimate of drug-likeness (QED) is 0.239. The largest absolute Gasteiger partial charge is 0.462 e. The Morgan fingerprint density at radius 2 is 1.93 bits per heavy atom. The summed E-state index contributed by atoms with van der Waals surface area (Å²) < 4.78 is 5.22. The van der Waals surface area contributed by atoms with E-state index in [2.05, 4.69) is 26.0 Å². The average molecular weight is 433 g/mol. The number of nitrogens with zero attached hydrogens (tertiary/aromatic N) is 2. The van der Waals surface area contributed by atoms with Crippen molar-refractivity contribution in [3.8, 4) is 0 Å². The van der Waals surface area contributed by atoms with Crippen molar-refractivity contribution in [2.45, 2.75) is 43.4 Å². The van der Waals surface area contributed by atoms with Gasteiger partial charge >= 0.3 is 5.97 Å². The van der Waals surface area contributed by atoms with Crippen molar-refractivity contribution in [2.24, 2.45) is 5.92 Å². The van der Waals surface area contributed by atoms with Crippen LogP contribution in [0.1, 0.15) is 41.8 Å². The molecule has 0 saturated carbocycles. The molecule has 0 atom stereocenters. The Morgan fingerprint density at radius 1 is 1.18 bits per heavy atom. The molecule has 2 heterocycles. The van der Waals surface area contributed by atoms with E-state index >= 15 is 0 Å². The van der Waals surface area contributed by atoms with Crippen LogP contribution in [0.3, 0.4) is 0 Å². The molecule has 0 radical (unpaired) electrons.